The van der Waals surface area contributed by atoms with E-state index < -0.39 is 11.9 Å². The number of rotatable bonds is 13. The van der Waals surface area contributed by atoms with Crippen LogP contribution >= 0.6 is 0 Å². The van der Waals surface area contributed by atoms with Crippen LogP contribution in [0.15, 0.2) is 48.5 Å². The van der Waals surface area contributed by atoms with Crippen LogP contribution in [0, 0.1) is 0 Å². The predicted molar refractivity (Wildman–Crippen MR) is 120 cm³/mol. The summed E-state index contributed by atoms with van der Waals surface area (Å²) in [7, 11) is 0. The predicted octanol–water partition coefficient (Wildman–Crippen LogP) is 4.96. The molecule has 0 radical (unpaired) electrons. The average molecular weight is 426 g/mol. The van der Waals surface area contributed by atoms with Gasteiger partial charge in [0.2, 0.25) is 0 Å². The summed E-state index contributed by atoms with van der Waals surface area (Å²) in [5.41, 5.74) is 2.28. The summed E-state index contributed by atoms with van der Waals surface area (Å²) in [5, 5.41) is 2.69. The minimum Gasteiger partial charge on any atom is -0.494 e. The van der Waals surface area contributed by atoms with Gasteiger partial charge in [0.1, 0.15) is 5.75 Å². The molecule has 6 heteroatoms. The van der Waals surface area contributed by atoms with Crippen molar-refractivity contribution in [3.8, 4) is 5.75 Å². The van der Waals surface area contributed by atoms with Crippen molar-refractivity contribution in [3.63, 3.8) is 0 Å². The quantitative estimate of drug-likeness (QED) is 0.279. The van der Waals surface area contributed by atoms with Gasteiger partial charge in [0.15, 0.2) is 12.4 Å². The molecule has 0 saturated carbocycles. The van der Waals surface area contributed by atoms with E-state index in [1.54, 1.807) is 30.3 Å². The lowest BCUT2D eigenvalue weighted by molar-refractivity contribution is -0.147. The zero-order chi connectivity index (χ0) is 22.5. The third kappa shape index (κ3) is 9.03. The van der Waals surface area contributed by atoms with Gasteiger partial charge in [0.05, 0.1) is 13.0 Å². The smallest absolute Gasteiger partial charge is 0.306 e. The molecule has 0 aliphatic rings. The van der Waals surface area contributed by atoms with Gasteiger partial charge in [0, 0.05) is 17.7 Å². The third-order valence-electron chi connectivity index (χ3n) is 4.73. The van der Waals surface area contributed by atoms with Crippen molar-refractivity contribution in [1.29, 1.82) is 0 Å². The molecule has 2 rings (SSSR count). The monoisotopic (exact) mass is 425 g/mol. The summed E-state index contributed by atoms with van der Waals surface area (Å²) in [5.74, 6) is -0.429. The van der Waals surface area contributed by atoms with Crippen LogP contribution < -0.4 is 10.1 Å². The number of anilines is 1. The van der Waals surface area contributed by atoms with Crippen LogP contribution in [0.2, 0.25) is 0 Å². The standard InChI is InChI=1S/C25H31NO5/c1-3-5-6-16-30-22-12-10-20(11-13-22)23(27)14-15-25(29)31-18-24(28)26-21-9-7-8-19(4-2)17-21/h7-13,17H,3-6,14-16,18H2,1-2H3,(H,26,28). The second-order valence-corrected chi connectivity index (χ2v) is 7.27. The fourth-order valence-corrected chi connectivity index (χ4v) is 2.92. The maximum Gasteiger partial charge on any atom is 0.306 e. The van der Waals surface area contributed by atoms with Gasteiger partial charge in [-0.1, -0.05) is 38.8 Å². The number of carbonyl (C=O) groups excluding carboxylic acids is 3. The van der Waals surface area contributed by atoms with E-state index in [2.05, 4.69) is 12.2 Å². The number of benzene rings is 2. The van der Waals surface area contributed by atoms with E-state index in [-0.39, 0.29) is 25.2 Å². The first-order valence-electron chi connectivity index (χ1n) is 10.8. The Balaban J connectivity index is 1.69. The Hall–Kier alpha value is -3.15. The van der Waals surface area contributed by atoms with E-state index in [1.807, 2.05) is 25.1 Å². The highest BCUT2D eigenvalue weighted by Crippen LogP contribution is 2.15. The van der Waals surface area contributed by atoms with Crippen molar-refractivity contribution in [3.05, 3.63) is 59.7 Å². The number of esters is 1. The van der Waals surface area contributed by atoms with E-state index in [9.17, 15) is 14.4 Å². The van der Waals surface area contributed by atoms with E-state index >= 15 is 0 Å². The van der Waals surface area contributed by atoms with E-state index in [4.69, 9.17) is 9.47 Å². The van der Waals surface area contributed by atoms with Crippen molar-refractivity contribution >= 4 is 23.3 Å². The lowest BCUT2D eigenvalue weighted by Gasteiger charge is -2.08. The minimum atomic E-state index is -0.582. The molecular weight excluding hydrogens is 394 g/mol. The van der Waals surface area contributed by atoms with Crippen LogP contribution in [0.4, 0.5) is 5.69 Å². The van der Waals surface area contributed by atoms with Crippen LogP contribution in [-0.2, 0) is 20.7 Å². The van der Waals surface area contributed by atoms with Gasteiger partial charge in [-0.3, -0.25) is 14.4 Å². The largest absolute Gasteiger partial charge is 0.494 e. The highest BCUT2D eigenvalue weighted by Gasteiger charge is 2.12. The molecule has 1 amide bonds. The summed E-state index contributed by atoms with van der Waals surface area (Å²) in [6.07, 6.45) is 4.07. The first-order chi connectivity index (χ1) is 15.0. The Labute approximate surface area is 183 Å². The average Bonchev–Trinajstić information content (AvgIpc) is 2.79. The molecule has 2 aromatic rings. The lowest BCUT2D eigenvalue weighted by Crippen LogP contribution is -2.21. The SMILES string of the molecule is CCCCCOc1ccc(C(=O)CCC(=O)OCC(=O)Nc2cccc(CC)c2)cc1. The molecule has 1 N–H and O–H groups in total. The maximum atomic E-state index is 12.3. The molecule has 0 spiro atoms. The van der Waals surface area contributed by atoms with Crippen molar-refractivity contribution in [2.24, 2.45) is 0 Å². The van der Waals surface area contributed by atoms with Gasteiger partial charge < -0.3 is 14.8 Å². The van der Waals surface area contributed by atoms with E-state index in [1.165, 1.54) is 0 Å². The minimum absolute atomic E-state index is 0.0235. The van der Waals surface area contributed by atoms with Crippen LogP contribution in [0.5, 0.6) is 5.75 Å². The fraction of sp³-hybridized carbons (Fsp3) is 0.400. The summed E-state index contributed by atoms with van der Waals surface area (Å²) in [6, 6.07) is 14.4. The first kappa shape index (κ1) is 24.1. The van der Waals surface area contributed by atoms with Crippen molar-refractivity contribution in [1.82, 2.24) is 0 Å². The van der Waals surface area contributed by atoms with Crippen molar-refractivity contribution in [2.75, 3.05) is 18.5 Å². The van der Waals surface area contributed by atoms with Gasteiger partial charge in [-0.15, -0.1) is 0 Å². The van der Waals surface area contributed by atoms with Gasteiger partial charge in [-0.05, 0) is 54.8 Å². The summed E-state index contributed by atoms with van der Waals surface area (Å²) >= 11 is 0. The molecule has 0 atom stereocenters. The van der Waals surface area contributed by atoms with Crippen LogP contribution in [0.1, 0.15) is 61.9 Å². The zero-order valence-electron chi connectivity index (χ0n) is 18.3. The molecule has 6 nitrogen and oxygen atoms in total. The van der Waals surface area contributed by atoms with Crippen LogP contribution in [-0.4, -0.2) is 30.9 Å². The van der Waals surface area contributed by atoms with Crippen LogP contribution in [0.3, 0.4) is 0 Å². The number of ketones is 1. The van der Waals surface area contributed by atoms with E-state index in [0.717, 1.165) is 37.0 Å². The molecule has 0 aliphatic heterocycles. The Morgan fingerprint density at radius 2 is 1.71 bits per heavy atom. The van der Waals surface area contributed by atoms with Gasteiger partial charge in [-0.2, -0.15) is 0 Å². The number of Topliss-reactive ketones (excluding diaryl/α,β-unsaturated/α-hetero) is 1. The first-order valence-corrected chi connectivity index (χ1v) is 10.8. The number of carbonyl (C=O) groups is 3. The Bertz CT molecular complexity index is 860. The Morgan fingerprint density at radius 3 is 2.42 bits per heavy atom. The van der Waals surface area contributed by atoms with E-state index in [0.29, 0.717) is 17.9 Å². The molecule has 0 fully saturated rings. The molecule has 31 heavy (non-hydrogen) atoms. The Morgan fingerprint density at radius 1 is 0.935 bits per heavy atom. The fourth-order valence-electron chi connectivity index (χ4n) is 2.92. The summed E-state index contributed by atoms with van der Waals surface area (Å²) < 4.78 is 10.6. The third-order valence-corrected chi connectivity index (χ3v) is 4.73. The normalized spacial score (nSPS) is 10.4. The second kappa shape index (κ2) is 13.2. The topological polar surface area (TPSA) is 81.7 Å². The number of hydrogen-bond donors (Lipinski definition) is 1. The molecule has 2 aromatic carbocycles. The zero-order valence-corrected chi connectivity index (χ0v) is 18.3. The van der Waals surface area contributed by atoms with Gasteiger partial charge >= 0.3 is 5.97 Å². The highest BCUT2D eigenvalue weighted by atomic mass is 16.5. The molecule has 166 valence electrons. The lowest BCUT2D eigenvalue weighted by atomic mass is 10.1. The number of nitrogens with one attached hydrogen (secondary N) is 1. The summed E-state index contributed by atoms with van der Waals surface area (Å²) in [4.78, 5) is 36.1. The van der Waals surface area contributed by atoms with Crippen LogP contribution in [0.25, 0.3) is 0 Å². The van der Waals surface area contributed by atoms with Gasteiger partial charge in [0.25, 0.3) is 5.91 Å². The molecule has 0 unspecified atom stereocenters. The maximum absolute atomic E-state index is 12.3. The number of aryl methyl sites for hydroxylation is 1. The highest BCUT2D eigenvalue weighted by molar-refractivity contribution is 5.98. The number of unbranched alkanes of at least 4 members (excludes halogenated alkanes) is 2. The molecule has 0 saturated heterocycles. The van der Waals surface area contributed by atoms with Crippen molar-refractivity contribution < 1.29 is 23.9 Å². The molecule has 0 heterocycles. The number of hydrogen-bond acceptors (Lipinski definition) is 5. The number of ether oxygens (including phenoxy) is 2. The molecule has 0 aliphatic carbocycles. The number of amides is 1. The molecule has 0 aromatic heterocycles. The van der Waals surface area contributed by atoms with Gasteiger partial charge in [-0.25, -0.2) is 0 Å². The van der Waals surface area contributed by atoms with Crippen molar-refractivity contribution in [2.45, 2.75) is 52.4 Å². The second-order valence-electron chi connectivity index (χ2n) is 7.27. The molecule has 0 bridgehead atoms. The summed E-state index contributed by atoms with van der Waals surface area (Å²) in [6.45, 7) is 4.44. The molecular formula is C25H31NO5. The Kier molecular flexibility index (Phi) is 10.3.